The molecule has 19 heavy (non-hydrogen) atoms. The number of likely N-dealkylation sites (N-methyl/N-ethyl adjacent to an activating group) is 2. The van der Waals surface area contributed by atoms with Gasteiger partial charge >= 0.3 is 0 Å². The number of anilines is 1. The third-order valence-corrected chi connectivity index (χ3v) is 2.79. The fourth-order valence-electron chi connectivity index (χ4n) is 1.84. The van der Waals surface area contributed by atoms with Gasteiger partial charge in [0, 0.05) is 13.1 Å². The van der Waals surface area contributed by atoms with Gasteiger partial charge in [0.05, 0.1) is 24.4 Å². The van der Waals surface area contributed by atoms with E-state index in [1.807, 2.05) is 18.7 Å². The lowest BCUT2D eigenvalue weighted by atomic mass is 10.1. The molecule has 0 aliphatic rings. The zero-order chi connectivity index (χ0) is 14.3. The highest BCUT2D eigenvalue weighted by atomic mass is 16.3. The number of amides is 1. The molecule has 0 unspecified atom stereocenters. The van der Waals surface area contributed by atoms with Crippen molar-refractivity contribution in [2.45, 2.75) is 20.5 Å². The predicted molar refractivity (Wildman–Crippen MR) is 73.7 cm³/mol. The third-order valence-electron chi connectivity index (χ3n) is 2.79. The second kappa shape index (κ2) is 7.39. The van der Waals surface area contributed by atoms with Crippen molar-refractivity contribution in [1.29, 1.82) is 5.26 Å². The molecule has 0 fully saturated rings. The number of nitrogens with one attached hydrogen (secondary N) is 1. The minimum atomic E-state index is -0.0998. The van der Waals surface area contributed by atoms with Gasteiger partial charge in [-0.1, -0.05) is 6.07 Å². The van der Waals surface area contributed by atoms with Crippen LogP contribution in [-0.4, -0.2) is 30.6 Å². The van der Waals surface area contributed by atoms with Crippen molar-refractivity contribution in [3.05, 3.63) is 29.3 Å². The van der Waals surface area contributed by atoms with Gasteiger partial charge in [-0.15, -0.1) is 0 Å². The van der Waals surface area contributed by atoms with Crippen LogP contribution in [0.2, 0.25) is 0 Å². The Bertz CT molecular complexity index is 480. The summed E-state index contributed by atoms with van der Waals surface area (Å²) < 4.78 is 0. The maximum absolute atomic E-state index is 11.6. The highest BCUT2D eigenvalue weighted by Gasteiger charge is 2.13. The zero-order valence-corrected chi connectivity index (χ0v) is 11.3. The standard InChI is InChI=1S/C14H19N3O2/c1-3-16-14(19)9-17(4-2)13-6-5-11(10-18)7-12(13)8-15/h5-7,18H,3-4,9-10H2,1-2H3,(H,16,19). The summed E-state index contributed by atoms with van der Waals surface area (Å²) in [5.74, 6) is -0.0699. The number of nitriles is 1. The maximum Gasteiger partial charge on any atom is 0.239 e. The first-order chi connectivity index (χ1) is 9.15. The molecule has 0 saturated carbocycles. The quantitative estimate of drug-likeness (QED) is 0.801. The minimum Gasteiger partial charge on any atom is -0.392 e. The van der Waals surface area contributed by atoms with Crippen LogP contribution in [0.15, 0.2) is 18.2 Å². The lowest BCUT2D eigenvalue weighted by Gasteiger charge is -2.23. The van der Waals surface area contributed by atoms with Gasteiger partial charge in [-0.25, -0.2) is 0 Å². The van der Waals surface area contributed by atoms with Gasteiger partial charge in [0.1, 0.15) is 6.07 Å². The minimum absolute atomic E-state index is 0.0699. The van der Waals surface area contributed by atoms with E-state index >= 15 is 0 Å². The highest BCUT2D eigenvalue weighted by Crippen LogP contribution is 2.21. The van der Waals surface area contributed by atoms with Crippen LogP contribution in [0.1, 0.15) is 25.0 Å². The Labute approximate surface area is 113 Å². The molecule has 0 spiro atoms. The van der Waals surface area contributed by atoms with E-state index in [1.165, 1.54) is 0 Å². The molecule has 1 rings (SSSR count). The van der Waals surface area contributed by atoms with E-state index in [0.717, 1.165) is 0 Å². The van der Waals surface area contributed by atoms with E-state index in [4.69, 9.17) is 10.4 Å². The molecular weight excluding hydrogens is 242 g/mol. The number of benzene rings is 1. The molecule has 5 heteroatoms. The molecule has 0 heterocycles. The lowest BCUT2D eigenvalue weighted by molar-refractivity contribution is -0.119. The van der Waals surface area contributed by atoms with E-state index < -0.39 is 0 Å². The average molecular weight is 261 g/mol. The highest BCUT2D eigenvalue weighted by molar-refractivity contribution is 5.82. The van der Waals surface area contributed by atoms with Gasteiger partial charge in [-0.3, -0.25) is 4.79 Å². The molecule has 0 bridgehead atoms. The fraction of sp³-hybridized carbons (Fsp3) is 0.429. The maximum atomic E-state index is 11.6. The Morgan fingerprint density at radius 3 is 2.74 bits per heavy atom. The van der Waals surface area contributed by atoms with Crippen molar-refractivity contribution in [1.82, 2.24) is 5.32 Å². The monoisotopic (exact) mass is 261 g/mol. The molecular formula is C14H19N3O2. The number of hydrogen-bond donors (Lipinski definition) is 2. The number of nitrogens with zero attached hydrogens (tertiary/aromatic N) is 2. The third kappa shape index (κ3) is 3.97. The molecule has 5 nitrogen and oxygen atoms in total. The summed E-state index contributed by atoms with van der Waals surface area (Å²) in [5, 5.41) is 21.0. The largest absolute Gasteiger partial charge is 0.392 e. The molecule has 0 atom stereocenters. The lowest BCUT2D eigenvalue weighted by Crippen LogP contribution is -2.37. The molecule has 0 aliphatic carbocycles. The van der Waals surface area contributed by atoms with Gasteiger partial charge < -0.3 is 15.3 Å². The number of carbonyl (C=O) groups excluding carboxylic acids is 1. The second-order valence-corrected chi connectivity index (χ2v) is 4.09. The Hall–Kier alpha value is -2.06. The van der Waals surface area contributed by atoms with Gasteiger partial charge in [0.15, 0.2) is 0 Å². The molecule has 0 aliphatic heterocycles. The number of rotatable bonds is 6. The number of aliphatic hydroxyl groups excluding tert-OH is 1. The number of carbonyl (C=O) groups is 1. The second-order valence-electron chi connectivity index (χ2n) is 4.09. The molecule has 0 aromatic heterocycles. The van der Waals surface area contributed by atoms with Crippen LogP contribution in [0.5, 0.6) is 0 Å². The van der Waals surface area contributed by atoms with Crippen LogP contribution >= 0.6 is 0 Å². The first kappa shape index (κ1) is 15.0. The van der Waals surface area contributed by atoms with Crippen LogP contribution in [-0.2, 0) is 11.4 Å². The Balaban J connectivity index is 2.98. The van der Waals surface area contributed by atoms with Crippen LogP contribution in [0.3, 0.4) is 0 Å². The molecule has 0 saturated heterocycles. The van der Waals surface area contributed by atoms with Crippen molar-refractivity contribution < 1.29 is 9.90 Å². The molecule has 1 aromatic carbocycles. The van der Waals surface area contributed by atoms with Crippen molar-refractivity contribution in [3.8, 4) is 6.07 Å². The molecule has 1 aromatic rings. The first-order valence-corrected chi connectivity index (χ1v) is 6.31. The van der Waals surface area contributed by atoms with Gasteiger partial charge in [-0.05, 0) is 31.5 Å². The van der Waals surface area contributed by atoms with Gasteiger partial charge in [0.25, 0.3) is 0 Å². The molecule has 2 N–H and O–H groups in total. The van der Waals surface area contributed by atoms with Crippen molar-refractivity contribution in [2.75, 3.05) is 24.5 Å². The Kier molecular flexibility index (Phi) is 5.83. The summed E-state index contributed by atoms with van der Waals surface area (Å²) in [4.78, 5) is 13.5. The van der Waals surface area contributed by atoms with E-state index in [9.17, 15) is 4.79 Å². The number of hydrogen-bond acceptors (Lipinski definition) is 4. The van der Waals surface area contributed by atoms with Crippen molar-refractivity contribution >= 4 is 11.6 Å². The fourth-order valence-corrected chi connectivity index (χ4v) is 1.84. The van der Waals surface area contributed by atoms with E-state index in [2.05, 4.69) is 11.4 Å². The van der Waals surface area contributed by atoms with Gasteiger partial charge in [-0.2, -0.15) is 5.26 Å². The van der Waals surface area contributed by atoms with Crippen LogP contribution in [0, 0.1) is 11.3 Å². The summed E-state index contributed by atoms with van der Waals surface area (Å²) in [6.07, 6.45) is 0. The summed E-state index contributed by atoms with van der Waals surface area (Å²) in [6.45, 7) is 5.13. The van der Waals surface area contributed by atoms with Crippen LogP contribution in [0.25, 0.3) is 0 Å². The SMILES string of the molecule is CCNC(=O)CN(CC)c1ccc(CO)cc1C#N. The summed E-state index contributed by atoms with van der Waals surface area (Å²) in [5.41, 5.74) is 1.88. The molecule has 0 radical (unpaired) electrons. The summed E-state index contributed by atoms with van der Waals surface area (Å²) in [6, 6.07) is 7.29. The predicted octanol–water partition coefficient (Wildman–Crippen LogP) is 1.01. The van der Waals surface area contributed by atoms with E-state index in [0.29, 0.717) is 29.9 Å². The summed E-state index contributed by atoms with van der Waals surface area (Å²) >= 11 is 0. The Morgan fingerprint density at radius 2 is 2.21 bits per heavy atom. The summed E-state index contributed by atoms with van der Waals surface area (Å²) in [7, 11) is 0. The van der Waals surface area contributed by atoms with Crippen LogP contribution in [0.4, 0.5) is 5.69 Å². The van der Waals surface area contributed by atoms with Gasteiger partial charge in [0.2, 0.25) is 5.91 Å². The topological polar surface area (TPSA) is 76.4 Å². The zero-order valence-electron chi connectivity index (χ0n) is 11.3. The first-order valence-electron chi connectivity index (χ1n) is 6.31. The van der Waals surface area contributed by atoms with E-state index in [-0.39, 0.29) is 19.1 Å². The van der Waals surface area contributed by atoms with E-state index in [1.54, 1.807) is 18.2 Å². The smallest absolute Gasteiger partial charge is 0.239 e. The number of aliphatic hydroxyl groups is 1. The van der Waals surface area contributed by atoms with Crippen molar-refractivity contribution in [2.24, 2.45) is 0 Å². The molecule has 102 valence electrons. The van der Waals surface area contributed by atoms with Crippen LogP contribution < -0.4 is 10.2 Å². The normalized spacial score (nSPS) is 9.79. The van der Waals surface area contributed by atoms with Crippen molar-refractivity contribution in [3.63, 3.8) is 0 Å². The molecule has 1 amide bonds. The average Bonchev–Trinajstić information content (AvgIpc) is 2.44. The Morgan fingerprint density at radius 1 is 1.47 bits per heavy atom.